The SMILES string of the molecule is O=C(C1CCN(c2ncc(C(F)(F)F)cc2Cl)CC1)N1CCC(c2nc3ccccc3o2)CC1. The number of halogens is 4. The molecule has 180 valence electrons. The van der Waals surface area contributed by atoms with Crippen molar-refractivity contribution in [3.05, 3.63) is 53.0 Å². The Labute approximate surface area is 199 Å². The van der Waals surface area contributed by atoms with Crippen LogP contribution in [0.15, 0.2) is 40.9 Å². The molecule has 5 rings (SSSR count). The molecule has 1 aromatic carbocycles. The molecule has 6 nitrogen and oxygen atoms in total. The number of aromatic nitrogens is 2. The number of carbonyl (C=O) groups excluding carboxylic acids is 1. The number of fused-ring (bicyclic) bond motifs is 1. The third-order valence-corrected chi connectivity index (χ3v) is 7.04. The average Bonchev–Trinajstić information content (AvgIpc) is 3.28. The number of anilines is 1. The van der Waals surface area contributed by atoms with Crippen LogP contribution in [0.1, 0.15) is 43.1 Å². The highest BCUT2D eigenvalue weighted by molar-refractivity contribution is 6.33. The lowest BCUT2D eigenvalue weighted by Crippen LogP contribution is -2.45. The number of amides is 1. The molecule has 2 saturated heterocycles. The highest BCUT2D eigenvalue weighted by atomic mass is 35.5. The molecule has 10 heteroatoms. The molecule has 2 aliphatic heterocycles. The Morgan fingerprint density at radius 3 is 2.41 bits per heavy atom. The Morgan fingerprint density at radius 2 is 1.76 bits per heavy atom. The van der Waals surface area contributed by atoms with Gasteiger partial charge in [0.25, 0.3) is 0 Å². The number of pyridine rings is 1. The van der Waals surface area contributed by atoms with Gasteiger partial charge < -0.3 is 14.2 Å². The quantitative estimate of drug-likeness (QED) is 0.482. The number of oxazole rings is 1. The summed E-state index contributed by atoms with van der Waals surface area (Å²) in [6.07, 6.45) is -0.835. The van der Waals surface area contributed by atoms with E-state index in [-0.39, 0.29) is 22.8 Å². The van der Waals surface area contributed by atoms with Gasteiger partial charge in [-0.2, -0.15) is 13.2 Å². The molecule has 0 radical (unpaired) electrons. The fourth-order valence-corrected chi connectivity index (χ4v) is 5.11. The van der Waals surface area contributed by atoms with Gasteiger partial charge in [0.05, 0.1) is 10.6 Å². The third kappa shape index (κ3) is 4.58. The Morgan fingerprint density at radius 1 is 1.06 bits per heavy atom. The fourth-order valence-electron chi connectivity index (χ4n) is 4.83. The molecule has 0 atom stereocenters. The summed E-state index contributed by atoms with van der Waals surface area (Å²) in [6.45, 7) is 2.37. The molecule has 0 bridgehead atoms. The molecular weight excluding hydrogens is 469 g/mol. The van der Waals surface area contributed by atoms with Gasteiger partial charge in [0.2, 0.25) is 5.91 Å². The summed E-state index contributed by atoms with van der Waals surface area (Å²) >= 11 is 6.09. The largest absolute Gasteiger partial charge is 0.440 e. The van der Waals surface area contributed by atoms with Gasteiger partial charge >= 0.3 is 6.18 Å². The van der Waals surface area contributed by atoms with Gasteiger partial charge in [-0.15, -0.1) is 0 Å². The first kappa shape index (κ1) is 23.0. The molecule has 1 amide bonds. The summed E-state index contributed by atoms with van der Waals surface area (Å²) in [7, 11) is 0. The number of hydrogen-bond acceptors (Lipinski definition) is 5. The van der Waals surface area contributed by atoms with E-state index in [1.54, 1.807) is 0 Å². The highest BCUT2D eigenvalue weighted by Gasteiger charge is 2.35. The van der Waals surface area contributed by atoms with E-state index in [2.05, 4.69) is 9.97 Å². The summed E-state index contributed by atoms with van der Waals surface area (Å²) in [5.41, 5.74) is 0.767. The molecule has 0 saturated carbocycles. The van der Waals surface area contributed by atoms with E-state index < -0.39 is 11.7 Å². The van der Waals surface area contributed by atoms with Crippen LogP contribution in [0.4, 0.5) is 19.0 Å². The molecule has 3 aromatic rings. The van der Waals surface area contributed by atoms with E-state index >= 15 is 0 Å². The lowest BCUT2D eigenvalue weighted by Gasteiger charge is -2.37. The zero-order chi connectivity index (χ0) is 23.9. The number of likely N-dealkylation sites (tertiary alicyclic amines) is 1. The van der Waals surface area contributed by atoms with Crippen molar-refractivity contribution in [2.45, 2.75) is 37.8 Å². The van der Waals surface area contributed by atoms with E-state index in [9.17, 15) is 18.0 Å². The Bertz CT molecular complexity index is 1150. The molecule has 2 fully saturated rings. The monoisotopic (exact) mass is 492 g/mol. The van der Waals surface area contributed by atoms with Gasteiger partial charge in [-0.3, -0.25) is 4.79 Å². The van der Waals surface area contributed by atoms with Gasteiger partial charge in [-0.05, 0) is 43.9 Å². The summed E-state index contributed by atoms with van der Waals surface area (Å²) in [6, 6.07) is 8.60. The second-order valence-electron chi connectivity index (χ2n) is 8.91. The lowest BCUT2D eigenvalue weighted by atomic mass is 9.92. The molecule has 34 heavy (non-hydrogen) atoms. The van der Waals surface area contributed by atoms with Gasteiger partial charge in [-0.1, -0.05) is 23.7 Å². The lowest BCUT2D eigenvalue weighted by molar-refractivity contribution is -0.138. The zero-order valence-corrected chi connectivity index (χ0v) is 19.1. The van der Waals surface area contributed by atoms with Crippen molar-refractivity contribution in [2.75, 3.05) is 31.1 Å². The van der Waals surface area contributed by atoms with E-state index in [4.69, 9.17) is 16.0 Å². The minimum absolute atomic E-state index is 0.0270. The molecule has 4 heterocycles. The topological polar surface area (TPSA) is 62.5 Å². The average molecular weight is 493 g/mol. The predicted octanol–water partition coefficient (Wildman–Crippen LogP) is 5.52. The maximum Gasteiger partial charge on any atom is 0.417 e. The Balaban J connectivity index is 1.15. The second kappa shape index (κ2) is 9.09. The van der Waals surface area contributed by atoms with Crippen molar-refractivity contribution < 1.29 is 22.4 Å². The van der Waals surface area contributed by atoms with Gasteiger partial charge in [0.15, 0.2) is 11.5 Å². The highest BCUT2D eigenvalue weighted by Crippen LogP contribution is 2.35. The maximum atomic E-state index is 13.1. The molecule has 0 aliphatic carbocycles. The van der Waals surface area contributed by atoms with Crippen LogP contribution in [0.25, 0.3) is 11.1 Å². The first-order valence-corrected chi connectivity index (χ1v) is 11.8. The fraction of sp³-hybridized carbons (Fsp3) is 0.458. The zero-order valence-electron chi connectivity index (χ0n) is 18.4. The van der Waals surface area contributed by atoms with E-state index in [1.165, 1.54) is 0 Å². The van der Waals surface area contributed by atoms with Crippen LogP contribution in [0, 0.1) is 5.92 Å². The minimum Gasteiger partial charge on any atom is -0.440 e. The number of rotatable bonds is 3. The van der Waals surface area contributed by atoms with E-state index in [1.807, 2.05) is 34.1 Å². The van der Waals surface area contributed by atoms with Crippen molar-refractivity contribution in [3.63, 3.8) is 0 Å². The Kier molecular flexibility index (Phi) is 6.14. The predicted molar refractivity (Wildman–Crippen MR) is 122 cm³/mol. The number of nitrogens with zero attached hydrogens (tertiary/aromatic N) is 4. The maximum absolute atomic E-state index is 13.1. The third-order valence-electron chi connectivity index (χ3n) is 6.76. The number of hydrogen-bond donors (Lipinski definition) is 0. The molecular formula is C24H24ClF3N4O2. The minimum atomic E-state index is -4.48. The van der Waals surface area contributed by atoms with Gasteiger partial charge in [0.1, 0.15) is 11.3 Å². The Hall–Kier alpha value is -2.81. The molecule has 0 N–H and O–H groups in total. The second-order valence-corrected chi connectivity index (χ2v) is 9.32. The standard InChI is InChI=1S/C24H24ClF3N4O2/c25-18-13-17(24(26,27)28)14-29-21(18)31-9-7-16(8-10-31)23(33)32-11-5-15(6-12-32)22-30-19-3-1-2-4-20(19)34-22/h1-4,13-16H,5-12H2. The summed E-state index contributed by atoms with van der Waals surface area (Å²) in [5, 5.41) is -0.0270. The number of para-hydroxylation sites is 2. The summed E-state index contributed by atoms with van der Waals surface area (Å²) in [4.78, 5) is 25.4. The summed E-state index contributed by atoms with van der Waals surface area (Å²) in [5.74, 6) is 1.31. The number of benzene rings is 1. The van der Waals surface area contributed by atoms with Crippen LogP contribution >= 0.6 is 11.6 Å². The van der Waals surface area contributed by atoms with Crippen molar-refractivity contribution in [2.24, 2.45) is 5.92 Å². The van der Waals surface area contributed by atoms with Crippen molar-refractivity contribution in [1.82, 2.24) is 14.9 Å². The molecule has 2 aromatic heterocycles. The molecule has 0 unspecified atom stereocenters. The van der Waals surface area contributed by atoms with Gasteiger partial charge in [0, 0.05) is 44.2 Å². The number of piperidine rings is 2. The molecule has 0 spiro atoms. The van der Waals surface area contributed by atoms with Gasteiger partial charge in [-0.25, -0.2) is 9.97 Å². The normalized spacial score (nSPS) is 18.6. The first-order chi connectivity index (χ1) is 16.3. The van der Waals surface area contributed by atoms with Crippen molar-refractivity contribution in [3.8, 4) is 0 Å². The van der Waals surface area contributed by atoms with Crippen LogP contribution in [-0.4, -0.2) is 47.0 Å². The van der Waals surface area contributed by atoms with Crippen LogP contribution in [0.3, 0.4) is 0 Å². The molecule has 2 aliphatic rings. The van der Waals surface area contributed by atoms with Crippen LogP contribution in [0.5, 0.6) is 0 Å². The first-order valence-electron chi connectivity index (χ1n) is 11.4. The van der Waals surface area contributed by atoms with Crippen LogP contribution in [0.2, 0.25) is 5.02 Å². The van der Waals surface area contributed by atoms with E-state index in [0.717, 1.165) is 42.1 Å². The smallest absolute Gasteiger partial charge is 0.417 e. The summed E-state index contributed by atoms with van der Waals surface area (Å²) < 4.78 is 44.5. The van der Waals surface area contributed by atoms with E-state index in [0.29, 0.717) is 44.8 Å². The number of alkyl halides is 3. The number of carbonyl (C=O) groups is 1. The van der Waals surface area contributed by atoms with Crippen molar-refractivity contribution >= 4 is 34.4 Å². The van der Waals surface area contributed by atoms with Crippen molar-refractivity contribution in [1.29, 1.82) is 0 Å². The van der Waals surface area contributed by atoms with Crippen LogP contribution in [-0.2, 0) is 11.0 Å². The van der Waals surface area contributed by atoms with Crippen LogP contribution < -0.4 is 4.90 Å².